The molecule has 0 bridgehead atoms. The van der Waals surface area contributed by atoms with E-state index in [-0.39, 0.29) is 0 Å². The van der Waals surface area contributed by atoms with Crippen molar-refractivity contribution in [3.05, 3.63) is 18.3 Å². The number of aromatic nitrogens is 1. The van der Waals surface area contributed by atoms with E-state index >= 15 is 0 Å². The molecule has 0 radical (unpaired) electrons. The number of rotatable bonds is 5. The van der Waals surface area contributed by atoms with E-state index in [0.29, 0.717) is 10.7 Å². The number of hydrogen-bond acceptors (Lipinski definition) is 6. The smallest absolute Gasteiger partial charge is 0.179 e. The first-order valence-corrected chi connectivity index (χ1v) is 8.53. The molecule has 1 fully saturated rings. The normalized spacial score (nSPS) is 17.4. The molecule has 0 N–H and O–H groups in total. The zero-order valence-electron chi connectivity index (χ0n) is 11.9. The van der Waals surface area contributed by atoms with Gasteiger partial charge in [0.1, 0.15) is 10.7 Å². The van der Waals surface area contributed by atoms with E-state index in [4.69, 9.17) is 4.74 Å². The van der Waals surface area contributed by atoms with Gasteiger partial charge in [-0.05, 0) is 12.1 Å². The molecule has 1 aromatic heterocycles. The van der Waals surface area contributed by atoms with Crippen LogP contribution in [0.4, 0.5) is 5.82 Å². The molecule has 1 aliphatic heterocycles. The molecule has 20 heavy (non-hydrogen) atoms. The molecule has 0 aromatic carbocycles. The Morgan fingerprint density at radius 1 is 1.30 bits per heavy atom. The van der Waals surface area contributed by atoms with Crippen LogP contribution in [0.3, 0.4) is 0 Å². The van der Waals surface area contributed by atoms with Gasteiger partial charge in [0.05, 0.1) is 6.61 Å². The molecule has 0 saturated carbocycles. The van der Waals surface area contributed by atoms with Gasteiger partial charge in [-0.1, -0.05) is 0 Å². The lowest BCUT2D eigenvalue weighted by Gasteiger charge is -2.35. The highest BCUT2D eigenvalue weighted by Crippen LogP contribution is 2.23. The second-order valence-corrected chi connectivity index (χ2v) is 6.90. The van der Waals surface area contributed by atoms with Gasteiger partial charge in [-0.2, -0.15) is 0 Å². The van der Waals surface area contributed by atoms with Crippen LogP contribution in [0.25, 0.3) is 0 Å². The van der Waals surface area contributed by atoms with Crippen molar-refractivity contribution < 1.29 is 13.2 Å². The third-order valence-electron chi connectivity index (χ3n) is 3.43. The van der Waals surface area contributed by atoms with Gasteiger partial charge in [0.2, 0.25) is 0 Å². The average Bonchev–Trinajstić information content (AvgIpc) is 2.45. The van der Waals surface area contributed by atoms with Gasteiger partial charge in [0.25, 0.3) is 0 Å². The summed E-state index contributed by atoms with van der Waals surface area (Å²) in [4.78, 5) is 8.92. The Labute approximate surface area is 120 Å². The highest BCUT2D eigenvalue weighted by atomic mass is 32.2. The number of hydrogen-bond donors (Lipinski definition) is 0. The summed E-state index contributed by atoms with van der Waals surface area (Å²) in [5.74, 6) is 0.571. The molecule has 7 heteroatoms. The van der Waals surface area contributed by atoms with E-state index in [9.17, 15) is 8.42 Å². The SMILES string of the molecule is COCCN1CCN(c2ncccc2S(C)(=O)=O)CC1. The topological polar surface area (TPSA) is 62.7 Å². The van der Waals surface area contributed by atoms with Crippen molar-refractivity contribution in [2.45, 2.75) is 4.90 Å². The molecule has 0 aliphatic carbocycles. The quantitative estimate of drug-likeness (QED) is 0.777. The Morgan fingerprint density at radius 3 is 2.60 bits per heavy atom. The van der Waals surface area contributed by atoms with Crippen molar-refractivity contribution in [3.8, 4) is 0 Å². The molecule has 2 heterocycles. The molecule has 2 rings (SSSR count). The van der Waals surface area contributed by atoms with Crippen LogP contribution in [-0.4, -0.2) is 71.0 Å². The van der Waals surface area contributed by atoms with Gasteiger partial charge < -0.3 is 9.64 Å². The predicted molar refractivity (Wildman–Crippen MR) is 77.9 cm³/mol. The lowest BCUT2D eigenvalue weighted by molar-refractivity contribution is 0.144. The van der Waals surface area contributed by atoms with Crippen molar-refractivity contribution in [1.29, 1.82) is 0 Å². The second-order valence-electron chi connectivity index (χ2n) is 4.92. The Morgan fingerprint density at radius 2 is 2.00 bits per heavy atom. The summed E-state index contributed by atoms with van der Waals surface area (Å²) in [5.41, 5.74) is 0. The highest BCUT2D eigenvalue weighted by Gasteiger charge is 2.23. The van der Waals surface area contributed by atoms with Crippen LogP contribution in [-0.2, 0) is 14.6 Å². The zero-order chi connectivity index (χ0) is 14.6. The van der Waals surface area contributed by atoms with Gasteiger partial charge in [-0.3, -0.25) is 4.90 Å². The molecule has 1 aliphatic rings. The van der Waals surface area contributed by atoms with Gasteiger partial charge >= 0.3 is 0 Å². The molecular weight excluding hydrogens is 278 g/mol. The maximum Gasteiger partial charge on any atom is 0.179 e. The standard InChI is InChI=1S/C13H21N3O3S/c1-19-11-10-15-6-8-16(9-7-15)13-12(20(2,17)18)4-3-5-14-13/h3-5H,6-11H2,1-2H3. The van der Waals surface area contributed by atoms with Crippen LogP contribution in [0, 0.1) is 0 Å². The largest absolute Gasteiger partial charge is 0.383 e. The molecule has 0 unspecified atom stereocenters. The van der Waals surface area contributed by atoms with Crippen molar-refractivity contribution >= 4 is 15.7 Å². The van der Waals surface area contributed by atoms with Gasteiger partial charge in [-0.25, -0.2) is 13.4 Å². The summed E-state index contributed by atoms with van der Waals surface area (Å²) in [6.07, 6.45) is 2.86. The number of piperazine rings is 1. The monoisotopic (exact) mass is 299 g/mol. The number of ether oxygens (including phenoxy) is 1. The lowest BCUT2D eigenvalue weighted by atomic mass is 10.3. The number of methoxy groups -OCH3 is 1. The highest BCUT2D eigenvalue weighted by molar-refractivity contribution is 7.90. The van der Waals surface area contributed by atoms with E-state index in [1.165, 1.54) is 6.26 Å². The fraction of sp³-hybridized carbons (Fsp3) is 0.615. The van der Waals surface area contributed by atoms with E-state index < -0.39 is 9.84 Å². The molecule has 1 saturated heterocycles. The molecule has 1 aromatic rings. The Kier molecular flexibility index (Phi) is 4.95. The Hall–Kier alpha value is -1.18. The van der Waals surface area contributed by atoms with Gasteiger partial charge in [0.15, 0.2) is 9.84 Å². The van der Waals surface area contributed by atoms with E-state index in [0.717, 1.165) is 39.3 Å². The van der Waals surface area contributed by atoms with Crippen LogP contribution >= 0.6 is 0 Å². The maximum atomic E-state index is 11.8. The van der Waals surface area contributed by atoms with Crippen LogP contribution in [0.5, 0.6) is 0 Å². The first-order chi connectivity index (χ1) is 9.52. The first-order valence-electron chi connectivity index (χ1n) is 6.63. The summed E-state index contributed by atoms with van der Waals surface area (Å²) in [6, 6.07) is 3.28. The van der Waals surface area contributed by atoms with Crippen LogP contribution in [0.1, 0.15) is 0 Å². The Bertz CT molecular complexity index is 540. The minimum Gasteiger partial charge on any atom is -0.383 e. The number of anilines is 1. The second kappa shape index (κ2) is 6.51. The number of nitrogens with zero attached hydrogens (tertiary/aromatic N) is 3. The third kappa shape index (κ3) is 3.68. The maximum absolute atomic E-state index is 11.8. The van der Waals surface area contributed by atoms with Crippen molar-refractivity contribution in [2.75, 3.05) is 57.6 Å². The van der Waals surface area contributed by atoms with Crippen molar-refractivity contribution in [2.24, 2.45) is 0 Å². The summed E-state index contributed by atoms with van der Waals surface area (Å²) in [5, 5.41) is 0. The summed E-state index contributed by atoms with van der Waals surface area (Å²) < 4.78 is 28.7. The minimum atomic E-state index is -3.25. The fourth-order valence-corrected chi connectivity index (χ4v) is 3.15. The van der Waals surface area contributed by atoms with Crippen molar-refractivity contribution in [3.63, 3.8) is 0 Å². The lowest BCUT2D eigenvalue weighted by Crippen LogP contribution is -2.47. The molecule has 6 nitrogen and oxygen atoms in total. The van der Waals surface area contributed by atoms with Crippen LogP contribution < -0.4 is 4.90 Å². The van der Waals surface area contributed by atoms with E-state index in [2.05, 4.69) is 9.88 Å². The summed E-state index contributed by atoms with van der Waals surface area (Å²) >= 11 is 0. The first kappa shape index (κ1) is 15.2. The van der Waals surface area contributed by atoms with Gasteiger partial charge in [0, 0.05) is 52.3 Å². The minimum absolute atomic E-state index is 0.311. The van der Waals surface area contributed by atoms with Gasteiger partial charge in [-0.15, -0.1) is 0 Å². The molecule has 0 amide bonds. The van der Waals surface area contributed by atoms with Crippen LogP contribution in [0.15, 0.2) is 23.2 Å². The molecule has 0 atom stereocenters. The molecule has 112 valence electrons. The predicted octanol–water partition coefficient (Wildman–Crippen LogP) is 0.254. The van der Waals surface area contributed by atoms with E-state index in [1.807, 2.05) is 4.90 Å². The Balaban J connectivity index is 2.08. The van der Waals surface area contributed by atoms with E-state index in [1.54, 1.807) is 25.4 Å². The molecule has 0 spiro atoms. The molecular formula is C13H21N3O3S. The number of sulfone groups is 1. The summed E-state index contributed by atoms with van der Waals surface area (Å²) in [7, 11) is -1.55. The number of pyridine rings is 1. The zero-order valence-corrected chi connectivity index (χ0v) is 12.8. The average molecular weight is 299 g/mol. The van der Waals surface area contributed by atoms with Crippen molar-refractivity contribution in [1.82, 2.24) is 9.88 Å². The summed E-state index contributed by atoms with van der Waals surface area (Å²) in [6.45, 7) is 4.97. The fourth-order valence-electron chi connectivity index (χ4n) is 2.31. The third-order valence-corrected chi connectivity index (χ3v) is 4.55. The van der Waals surface area contributed by atoms with Crippen LogP contribution in [0.2, 0.25) is 0 Å².